The molecule has 1 aromatic rings. The van der Waals surface area contributed by atoms with Crippen LogP contribution in [-0.4, -0.2) is 30.0 Å². The van der Waals surface area contributed by atoms with Gasteiger partial charge in [-0.3, -0.25) is 10.1 Å². The zero-order chi connectivity index (χ0) is 15.0. The molecule has 0 unspecified atom stereocenters. The first-order valence-corrected chi connectivity index (χ1v) is 8.04. The molecule has 0 aliphatic carbocycles. The van der Waals surface area contributed by atoms with Gasteiger partial charge in [0.2, 0.25) is 0 Å². The third-order valence-electron chi connectivity index (χ3n) is 2.68. The largest absolute Gasteiger partial charge is 0.450 e. The summed E-state index contributed by atoms with van der Waals surface area (Å²) in [5.74, 6) is 1.63. The summed E-state index contributed by atoms with van der Waals surface area (Å²) in [4.78, 5) is 23.1. The van der Waals surface area contributed by atoms with Crippen LogP contribution in [0.2, 0.25) is 0 Å². The second-order valence-electron chi connectivity index (χ2n) is 3.94. The minimum atomic E-state index is -0.466. The molecule has 20 heavy (non-hydrogen) atoms. The number of benzene rings is 1. The lowest BCUT2D eigenvalue weighted by Gasteiger charge is -2.09. The van der Waals surface area contributed by atoms with E-state index >= 15 is 0 Å². The Balaban J connectivity index is 0.000000956. The third kappa shape index (κ3) is 4.56. The van der Waals surface area contributed by atoms with Crippen molar-refractivity contribution in [3.05, 3.63) is 29.3 Å². The molecule has 1 amide bonds. The van der Waals surface area contributed by atoms with Gasteiger partial charge in [-0.15, -0.1) is 0 Å². The molecule has 0 fully saturated rings. The number of aryl methyl sites for hydroxylation is 1. The summed E-state index contributed by atoms with van der Waals surface area (Å²) >= 11 is 1.65. The van der Waals surface area contributed by atoms with Crippen molar-refractivity contribution < 1.29 is 14.3 Å². The number of hydrogen-bond acceptors (Lipinski definition) is 4. The van der Waals surface area contributed by atoms with Crippen LogP contribution in [-0.2, 0) is 11.2 Å². The lowest BCUT2D eigenvalue weighted by atomic mass is 10.0. The van der Waals surface area contributed by atoms with E-state index in [0.717, 1.165) is 23.3 Å². The maximum Gasteiger partial charge on any atom is 0.411 e. The summed E-state index contributed by atoms with van der Waals surface area (Å²) in [6.45, 7) is 6.10. The monoisotopic (exact) mass is 295 g/mol. The average molecular weight is 295 g/mol. The van der Waals surface area contributed by atoms with Gasteiger partial charge in [0.15, 0.2) is 5.78 Å². The summed E-state index contributed by atoms with van der Waals surface area (Å²) in [5.41, 5.74) is 2.45. The number of fused-ring (bicyclic) bond motifs is 1. The number of ether oxygens (including phenoxy) is 1. The fourth-order valence-electron chi connectivity index (χ4n) is 1.86. The standard InChI is InChI=1S/C13H15NO3S.C2H6/c1-2-17-13(16)14-10-3-4-11-9(7-10)5-6-18-8-12(11)15;1-2/h3-4,7H,2,5-6,8H2,1H3,(H,14,16);1-2H3. The van der Waals surface area contributed by atoms with Crippen LogP contribution in [0, 0.1) is 0 Å². The van der Waals surface area contributed by atoms with E-state index in [1.54, 1.807) is 30.8 Å². The van der Waals surface area contributed by atoms with E-state index < -0.39 is 6.09 Å². The Labute approximate surface area is 124 Å². The molecule has 0 radical (unpaired) electrons. The maximum atomic E-state index is 11.8. The van der Waals surface area contributed by atoms with Crippen molar-refractivity contribution in [3.8, 4) is 0 Å². The van der Waals surface area contributed by atoms with E-state index in [0.29, 0.717) is 18.0 Å². The summed E-state index contributed by atoms with van der Waals surface area (Å²) < 4.78 is 4.81. The van der Waals surface area contributed by atoms with Crippen molar-refractivity contribution in [3.63, 3.8) is 0 Å². The van der Waals surface area contributed by atoms with Crippen LogP contribution in [0.1, 0.15) is 36.7 Å². The summed E-state index contributed by atoms with van der Waals surface area (Å²) in [6.07, 6.45) is 0.385. The molecule has 1 N–H and O–H groups in total. The van der Waals surface area contributed by atoms with Crippen molar-refractivity contribution in [1.82, 2.24) is 0 Å². The molecule has 1 aliphatic heterocycles. The molecule has 1 aromatic carbocycles. The van der Waals surface area contributed by atoms with Gasteiger partial charge in [-0.1, -0.05) is 13.8 Å². The van der Waals surface area contributed by atoms with Gasteiger partial charge in [0, 0.05) is 11.3 Å². The van der Waals surface area contributed by atoms with Crippen LogP contribution >= 0.6 is 11.8 Å². The second kappa shape index (κ2) is 8.64. The van der Waals surface area contributed by atoms with Crippen LogP contribution in [0.4, 0.5) is 10.5 Å². The molecule has 0 bridgehead atoms. The number of carbonyl (C=O) groups excluding carboxylic acids is 2. The van der Waals surface area contributed by atoms with Gasteiger partial charge in [0.1, 0.15) is 0 Å². The molecule has 0 saturated carbocycles. The van der Waals surface area contributed by atoms with Crippen LogP contribution in [0.25, 0.3) is 0 Å². The first-order chi connectivity index (χ1) is 9.70. The molecule has 2 rings (SSSR count). The number of Topliss-reactive ketones (excluding diaryl/α,β-unsaturated/α-hetero) is 1. The van der Waals surface area contributed by atoms with Crippen LogP contribution in [0.3, 0.4) is 0 Å². The molecular formula is C15H21NO3S. The average Bonchev–Trinajstić information content (AvgIpc) is 2.63. The van der Waals surface area contributed by atoms with E-state index in [2.05, 4.69) is 5.32 Å². The van der Waals surface area contributed by atoms with Crippen molar-refractivity contribution in [2.75, 3.05) is 23.4 Å². The lowest BCUT2D eigenvalue weighted by molar-refractivity contribution is 0.102. The number of anilines is 1. The highest BCUT2D eigenvalue weighted by atomic mass is 32.2. The number of amides is 1. The van der Waals surface area contributed by atoms with Gasteiger partial charge in [0.25, 0.3) is 0 Å². The number of carbonyl (C=O) groups is 2. The van der Waals surface area contributed by atoms with E-state index in [9.17, 15) is 9.59 Å². The number of rotatable bonds is 2. The van der Waals surface area contributed by atoms with Crippen LogP contribution in [0.5, 0.6) is 0 Å². The molecule has 4 nitrogen and oxygen atoms in total. The van der Waals surface area contributed by atoms with Crippen molar-refractivity contribution in [2.45, 2.75) is 27.2 Å². The highest BCUT2D eigenvalue weighted by molar-refractivity contribution is 8.00. The van der Waals surface area contributed by atoms with Gasteiger partial charge in [0.05, 0.1) is 12.4 Å². The van der Waals surface area contributed by atoms with Crippen molar-refractivity contribution in [1.29, 1.82) is 0 Å². The Bertz CT molecular complexity index is 474. The number of nitrogens with one attached hydrogen (secondary N) is 1. The zero-order valence-corrected chi connectivity index (χ0v) is 13.0. The van der Waals surface area contributed by atoms with E-state index in [1.165, 1.54) is 0 Å². The number of thioether (sulfide) groups is 1. The smallest absolute Gasteiger partial charge is 0.411 e. The van der Waals surface area contributed by atoms with Gasteiger partial charge in [-0.25, -0.2) is 4.79 Å². The molecule has 0 atom stereocenters. The van der Waals surface area contributed by atoms with Gasteiger partial charge in [-0.05, 0) is 42.9 Å². The highest BCUT2D eigenvalue weighted by Gasteiger charge is 2.16. The normalized spacial score (nSPS) is 13.4. The van der Waals surface area contributed by atoms with Gasteiger partial charge >= 0.3 is 6.09 Å². The minimum absolute atomic E-state index is 0.162. The second-order valence-corrected chi connectivity index (χ2v) is 5.05. The quantitative estimate of drug-likeness (QED) is 0.902. The fraction of sp³-hybridized carbons (Fsp3) is 0.467. The molecule has 5 heteroatoms. The van der Waals surface area contributed by atoms with E-state index in [4.69, 9.17) is 4.74 Å². The molecule has 1 aliphatic rings. The Morgan fingerprint density at radius 1 is 1.40 bits per heavy atom. The lowest BCUT2D eigenvalue weighted by Crippen LogP contribution is -2.14. The number of hydrogen-bond donors (Lipinski definition) is 1. The predicted octanol–water partition coefficient (Wildman–Crippen LogP) is 3.75. The summed E-state index contributed by atoms with van der Waals surface area (Å²) in [5, 5.41) is 2.65. The molecule has 1 heterocycles. The Hall–Kier alpha value is -1.49. The third-order valence-corrected chi connectivity index (χ3v) is 3.64. The summed E-state index contributed by atoms with van der Waals surface area (Å²) in [7, 11) is 0. The van der Waals surface area contributed by atoms with Crippen LogP contribution in [0.15, 0.2) is 18.2 Å². The SMILES string of the molecule is CC.CCOC(=O)Nc1ccc2c(c1)CCSCC2=O. The maximum absolute atomic E-state index is 11.8. The molecule has 0 saturated heterocycles. The molecule has 0 spiro atoms. The highest BCUT2D eigenvalue weighted by Crippen LogP contribution is 2.23. The first kappa shape index (κ1) is 16.6. The van der Waals surface area contributed by atoms with Crippen molar-refractivity contribution in [2.24, 2.45) is 0 Å². The predicted molar refractivity (Wildman–Crippen MR) is 83.8 cm³/mol. The van der Waals surface area contributed by atoms with Crippen molar-refractivity contribution >= 4 is 29.3 Å². The molecule has 110 valence electrons. The molecular weight excluding hydrogens is 274 g/mol. The minimum Gasteiger partial charge on any atom is -0.450 e. The zero-order valence-electron chi connectivity index (χ0n) is 12.2. The number of ketones is 1. The van der Waals surface area contributed by atoms with Crippen LogP contribution < -0.4 is 5.32 Å². The summed E-state index contributed by atoms with van der Waals surface area (Å²) in [6, 6.07) is 5.38. The molecule has 0 aromatic heterocycles. The van der Waals surface area contributed by atoms with E-state index in [-0.39, 0.29) is 5.78 Å². The Morgan fingerprint density at radius 3 is 2.85 bits per heavy atom. The Morgan fingerprint density at radius 2 is 2.15 bits per heavy atom. The van der Waals surface area contributed by atoms with Gasteiger partial charge < -0.3 is 4.74 Å². The van der Waals surface area contributed by atoms with E-state index in [1.807, 2.05) is 19.9 Å². The fourth-order valence-corrected chi connectivity index (χ4v) is 2.71. The topological polar surface area (TPSA) is 55.4 Å². The first-order valence-electron chi connectivity index (χ1n) is 6.88. The Kier molecular flexibility index (Phi) is 7.15. The van der Waals surface area contributed by atoms with Gasteiger partial charge in [-0.2, -0.15) is 11.8 Å².